The summed E-state index contributed by atoms with van der Waals surface area (Å²) < 4.78 is 0. The molecule has 2 aromatic rings. The second kappa shape index (κ2) is 7.40. The molecule has 1 aliphatic rings. The first-order valence-electron chi connectivity index (χ1n) is 7.68. The highest BCUT2D eigenvalue weighted by molar-refractivity contribution is 6.30. The van der Waals surface area contributed by atoms with E-state index in [1.54, 1.807) is 6.20 Å². The minimum absolute atomic E-state index is 0.341. The van der Waals surface area contributed by atoms with Gasteiger partial charge in [-0.3, -0.25) is 4.90 Å². The fourth-order valence-electron chi connectivity index (χ4n) is 2.75. The Balaban J connectivity index is 1.48. The van der Waals surface area contributed by atoms with E-state index in [-0.39, 0.29) is 0 Å². The third kappa shape index (κ3) is 4.41. The fourth-order valence-corrected chi connectivity index (χ4v) is 2.88. The van der Waals surface area contributed by atoms with Crippen LogP contribution in [-0.4, -0.2) is 34.0 Å². The average Bonchev–Trinajstić information content (AvgIpc) is 2.59. The van der Waals surface area contributed by atoms with Crippen LogP contribution in [0, 0.1) is 11.3 Å². The van der Waals surface area contributed by atoms with Crippen LogP contribution in [0.25, 0.3) is 0 Å². The molecule has 6 heteroatoms. The number of rotatable bonds is 4. The Labute approximate surface area is 140 Å². The minimum Gasteiger partial charge on any atom is -0.366 e. The SMILES string of the molecule is N#Cc1cnc(NC2CCN(Cc3ccc(Cl)cc3)CC2)cn1. The number of piperidine rings is 1. The van der Waals surface area contributed by atoms with E-state index in [0.717, 1.165) is 43.3 Å². The van der Waals surface area contributed by atoms with E-state index in [1.165, 1.54) is 11.8 Å². The molecule has 0 amide bonds. The van der Waals surface area contributed by atoms with E-state index >= 15 is 0 Å². The van der Waals surface area contributed by atoms with Crippen molar-refractivity contribution < 1.29 is 0 Å². The summed E-state index contributed by atoms with van der Waals surface area (Å²) in [4.78, 5) is 10.7. The lowest BCUT2D eigenvalue weighted by atomic mass is 10.0. The maximum atomic E-state index is 8.73. The summed E-state index contributed by atoms with van der Waals surface area (Å²) in [5, 5.41) is 12.9. The average molecular weight is 328 g/mol. The zero-order valence-electron chi connectivity index (χ0n) is 12.7. The first-order valence-corrected chi connectivity index (χ1v) is 8.06. The van der Waals surface area contributed by atoms with Gasteiger partial charge in [-0.15, -0.1) is 0 Å². The summed E-state index contributed by atoms with van der Waals surface area (Å²) >= 11 is 5.92. The van der Waals surface area contributed by atoms with Crippen molar-refractivity contribution in [2.75, 3.05) is 18.4 Å². The number of nitrogens with one attached hydrogen (secondary N) is 1. The maximum absolute atomic E-state index is 8.73. The fraction of sp³-hybridized carbons (Fsp3) is 0.353. The molecule has 0 saturated carbocycles. The quantitative estimate of drug-likeness (QED) is 0.934. The van der Waals surface area contributed by atoms with Gasteiger partial charge in [0.05, 0.1) is 12.4 Å². The normalized spacial score (nSPS) is 16.0. The van der Waals surface area contributed by atoms with E-state index in [2.05, 4.69) is 32.3 Å². The van der Waals surface area contributed by atoms with Crippen LogP contribution >= 0.6 is 11.6 Å². The topological polar surface area (TPSA) is 64.8 Å². The van der Waals surface area contributed by atoms with Gasteiger partial charge in [-0.1, -0.05) is 23.7 Å². The summed E-state index contributed by atoms with van der Waals surface area (Å²) in [5.41, 5.74) is 1.63. The lowest BCUT2D eigenvalue weighted by molar-refractivity contribution is 0.211. The molecule has 0 radical (unpaired) electrons. The smallest absolute Gasteiger partial charge is 0.158 e. The van der Waals surface area contributed by atoms with Crippen LogP contribution in [0.15, 0.2) is 36.7 Å². The lowest BCUT2D eigenvalue weighted by Gasteiger charge is -2.32. The number of benzene rings is 1. The molecule has 0 atom stereocenters. The van der Waals surface area contributed by atoms with E-state index < -0.39 is 0 Å². The monoisotopic (exact) mass is 327 g/mol. The standard InChI is InChI=1S/C17H18ClN5/c18-14-3-1-13(2-4-14)12-23-7-5-15(6-8-23)22-17-11-20-16(9-19)10-21-17/h1-4,10-11,15H,5-8,12H2,(H,21,22). The summed E-state index contributed by atoms with van der Waals surface area (Å²) in [6.45, 7) is 3.05. The molecule has 0 aliphatic carbocycles. The van der Waals surface area contributed by atoms with Crippen LogP contribution in [0.1, 0.15) is 24.1 Å². The number of likely N-dealkylation sites (tertiary alicyclic amines) is 1. The molecular formula is C17H18ClN5. The number of nitrogens with zero attached hydrogens (tertiary/aromatic N) is 4. The molecule has 0 bridgehead atoms. The summed E-state index contributed by atoms with van der Waals surface area (Å²) in [7, 11) is 0. The van der Waals surface area contributed by atoms with Crippen LogP contribution in [0.4, 0.5) is 5.82 Å². The molecule has 1 aliphatic heterocycles. The van der Waals surface area contributed by atoms with Crippen LogP contribution in [0.2, 0.25) is 5.02 Å². The van der Waals surface area contributed by atoms with E-state index in [4.69, 9.17) is 16.9 Å². The molecule has 1 saturated heterocycles. The Morgan fingerprint density at radius 1 is 1.17 bits per heavy atom. The van der Waals surface area contributed by atoms with E-state index in [1.807, 2.05) is 18.2 Å². The van der Waals surface area contributed by atoms with Gasteiger partial charge in [0, 0.05) is 30.7 Å². The molecule has 1 aromatic heterocycles. The predicted octanol–water partition coefficient (Wildman–Crippen LogP) is 3.08. The predicted molar refractivity (Wildman–Crippen MR) is 90.1 cm³/mol. The molecule has 0 spiro atoms. The van der Waals surface area contributed by atoms with Crippen molar-refractivity contribution in [1.82, 2.24) is 14.9 Å². The second-order valence-electron chi connectivity index (χ2n) is 5.72. The van der Waals surface area contributed by atoms with Crippen LogP contribution in [0.3, 0.4) is 0 Å². The Morgan fingerprint density at radius 2 is 1.91 bits per heavy atom. The lowest BCUT2D eigenvalue weighted by Crippen LogP contribution is -2.38. The number of aromatic nitrogens is 2. The number of hydrogen-bond donors (Lipinski definition) is 1. The van der Waals surface area contributed by atoms with Crippen molar-refractivity contribution in [1.29, 1.82) is 5.26 Å². The van der Waals surface area contributed by atoms with E-state index in [9.17, 15) is 0 Å². The molecular weight excluding hydrogens is 310 g/mol. The molecule has 5 nitrogen and oxygen atoms in total. The molecule has 1 aromatic carbocycles. The first-order chi connectivity index (χ1) is 11.2. The van der Waals surface area contributed by atoms with Crippen molar-refractivity contribution in [3.8, 4) is 6.07 Å². The van der Waals surface area contributed by atoms with Crippen LogP contribution in [0.5, 0.6) is 0 Å². The summed E-state index contributed by atoms with van der Waals surface area (Å²) in [6.07, 6.45) is 5.25. The molecule has 1 fully saturated rings. The third-order valence-corrected chi connectivity index (χ3v) is 4.28. The molecule has 0 unspecified atom stereocenters. The van der Waals surface area contributed by atoms with Gasteiger partial charge in [-0.25, -0.2) is 9.97 Å². The Bertz CT molecular complexity index is 670. The third-order valence-electron chi connectivity index (χ3n) is 4.03. The highest BCUT2D eigenvalue weighted by Gasteiger charge is 2.19. The van der Waals surface area contributed by atoms with Gasteiger partial charge < -0.3 is 5.32 Å². The van der Waals surface area contributed by atoms with Crippen molar-refractivity contribution in [3.05, 3.63) is 52.9 Å². The largest absolute Gasteiger partial charge is 0.366 e. The van der Waals surface area contributed by atoms with Gasteiger partial charge in [-0.2, -0.15) is 5.26 Å². The highest BCUT2D eigenvalue weighted by atomic mass is 35.5. The van der Waals surface area contributed by atoms with Crippen molar-refractivity contribution in [2.45, 2.75) is 25.4 Å². The van der Waals surface area contributed by atoms with Gasteiger partial charge >= 0.3 is 0 Å². The van der Waals surface area contributed by atoms with Crippen molar-refractivity contribution in [2.24, 2.45) is 0 Å². The van der Waals surface area contributed by atoms with Crippen LogP contribution < -0.4 is 5.32 Å². The van der Waals surface area contributed by atoms with Crippen molar-refractivity contribution >= 4 is 17.4 Å². The molecule has 23 heavy (non-hydrogen) atoms. The van der Waals surface area contributed by atoms with Gasteiger partial charge in [0.1, 0.15) is 11.9 Å². The maximum Gasteiger partial charge on any atom is 0.158 e. The molecule has 1 N–H and O–H groups in total. The van der Waals surface area contributed by atoms with Crippen molar-refractivity contribution in [3.63, 3.8) is 0 Å². The molecule has 3 rings (SSSR count). The summed E-state index contributed by atoms with van der Waals surface area (Å²) in [5.74, 6) is 0.736. The van der Waals surface area contributed by atoms with Gasteiger partial charge in [0.15, 0.2) is 5.69 Å². The van der Waals surface area contributed by atoms with Crippen LogP contribution in [-0.2, 0) is 6.54 Å². The number of hydrogen-bond acceptors (Lipinski definition) is 5. The Hall–Kier alpha value is -2.16. The number of anilines is 1. The molecule has 2 heterocycles. The van der Waals surface area contributed by atoms with Gasteiger partial charge in [-0.05, 0) is 30.5 Å². The van der Waals surface area contributed by atoms with Gasteiger partial charge in [0.25, 0.3) is 0 Å². The Morgan fingerprint density at radius 3 is 2.52 bits per heavy atom. The number of halogens is 1. The van der Waals surface area contributed by atoms with Gasteiger partial charge in [0.2, 0.25) is 0 Å². The number of nitriles is 1. The summed E-state index contributed by atoms with van der Waals surface area (Å²) in [6, 6.07) is 10.4. The van der Waals surface area contributed by atoms with E-state index in [0.29, 0.717) is 11.7 Å². The minimum atomic E-state index is 0.341. The zero-order chi connectivity index (χ0) is 16.1. The highest BCUT2D eigenvalue weighted by Crippen LogP contribution is 2.18. The molecule has 118 valence electrons. The Kier molecular flexibility index (Phi) is 5.06. The zero-order valence-corrected chi connectivity index (χ0v) is 13.5. The first kappa shape index (κ1) is 15.7. The second-order valence-corrected chi connectivity index (χ2v) is 6.16.